The number of unbranched alkanes of at least 4 members (excludes halogenated alkanes) is 2. The standard InChI is InChI=1S/C20H22N6O5/c1-25-16(28)10-9-14(19(25)30)26-18(29)12-6-5-7-13(17(12)20(26)31)23-15(27)8-3-2-4-11-22-24-21/h5-7,14H,2-4,8-11H2,1H3,(H,23,27). The fourth-order valence-electron chi connectivity index (χ4n) is 3.73. The first-order valence-electron chi connectivity index (χ1n) is 9.98. The number of amides is 5. The largest absolute Gasteiger partial charge is 0.325 e. The maximum absolute atomic E-state index is 13.1. The summed E-state index contributed by atoms with van der Waals surface area (Å²) in [6, 6.07) is 3.52. The molecule has 2 aliphatic heterocycles. The third-order valence-corrected chi connectivity index (χ3v) is 5.38. The lowest BCUT2D eigenvalue weighted by atomic mass is 10.0. The van der Waals surface area contributed by atoms with Gasteiger partial charge in [-0.2, -0.15) is 0 Å². The molecule has 0 spiro atoms. The minimum absolute atomic E-state index is 0.0524. The quantitative estimate of drug-likeness (QED) is 0.222. The Morgan fingerprint density at radius 2 is 1.97 bits per heavy atom. The minimum atomic E-state index is -1.05. The molecule has 1 aromatic carbocycles. The molecule has 0 saturated carbocycles. The number of carbonyl (C=O) groups excluding carboxylic acids is 5. The molecule has 2 aliphatic rings. The lowest BCUT2D eigenvalue weighted by Gasteiger charge is -2.32. The van der Waals surface area contributed by atoms with Crippen molar-refractivity contribution in [1.82, 2.24) is 9.80 Å². The zero-order valence-electron chi connectivity index (χ0n) is 17.0. The van der Waals surface area contributed by atoms with Gasteiger partial charge < -0.3 is 5.32 Å². The van der Waals surface area contributed by atoms with Crippen LogP contribution in [0.5, 0.6) is 0 Å². The highest BCUT2D eigenvalue weighted by Gasteiger charge is 2.47. The number of piperidine rings is 1. The van der Waals surface area contributed by atoms with Crippen molar-refractivity contribution in [3.8, 4) is 0 Å². The normalized spacial score (nSPS) is 18.2. The van der Waals surface area contributed by atoms with Gasteiger partial charge in [-0.3, -0.25) is 33.8 Å². The summed E-state index contributed by atoms with van der Waals surface area (Å²) >= 11 is 0. The van der Waals surface area contributed by atoms with Gasteiger partial charge in [-0.05, 0) is 36.9 Å². The smallest absolute Gasteiger partial charge is 0.264 e. The predicted molar refractivity (Wildman–Crippen MR) is 109 cm³/mol. The number of carbonyl (C=O) groups is 5. The SMILES string of the molecule is CN1C(=O)CCC(N2C(=O)c3cccc(NC(=O)CCCCCN=[N+]=[N-])c3C2=O)C1=O. The molecule has 162 valence electrons. The number of fused-ring (bicyclic) bond motifs is 1. The van der Waals surface area contributed by atoms with Crippen molar-refractivity contribution in [2.45, 2.75) is 44.6 Å². The average Bonchev–Trinajstić information content (AvgIpc) is 3.00. The third-order valence-electron chi connectivity index (χ3n) is 5.38. The van der Waals surface area contributed by atoms with Gasteiger partial charge in [0.15, 0.2) is 0 Å². The number of rotatable bonds is 8. The van der Waals surface area contributed by atoms with E-state index in [2.05, 4.69) is 15.3 Å². The van der Waals surface area contributed by atoms with E-state index in [9.17, 15) is 24.0 Å². The van der Waals surface area contributed by atoms with Gasteiger partial charge in [0.2, 0.25) is 11.8 Å². The van der Waals surface area contributed by atoms with Crippen molar-refractivity contribution in [2.75, 3.05) is 18.9 Å². The van der Waals surface area contributed by atoms with Crippen LogP contribution in [0.25, 0.3) is 10.4 Å². The van der Waals surface area contributed by atoms with Crippen LogP contribution in [0.15, 0.2) is 23.3 Å². The summed E-state index contributed by atoms with van der Waals surface area (Å²) in [6.07, 6.45) is 2.30. The molecule has 5 amide bonds. The zero-order valence-corrected chi connectivity index (χ0v) is 17.0. The summed E-state index contributed by atoms with van der Waals surface area (Å²) in [4.78, 5) is 67.0. The second kappa shape index (κ2) is 9.40. The maximum Gasteiger partial charge on any atom is 0.264 e. The molecule has 1 unspecified atom stereocenters. The molecule has 1 saturated heterocycles. The van der Waals surface area contributed by atoms with Gasteiger partial charge in [-0.25, -0.2) is 0 Å². The van der Waals surface area contributed by atoms with E-state index < -0.39 is 23.8 Å². The Kier molecular flexibility index (Phi) is 6.66. The Hall–Kier alpha value is -3.72. The lowest BCUT2D eigenvalue weighted by molar-refractivity contribution is -0.149. The highest BCUT2D eigenvalue weighted by molar-refractivity contribution is 6.26. The monoisotopic (exact) mass is 426 g/mol. The summed E-state index contributed by atoms with van der Waals surface area (Å²) in [7, 11) is 1.33. The molecule has 0 aliphatic carbocycles. The number of nitrogens with zero attached hydrogens (tertiary/aromatic N) is 5. The zero-order chi connectivity index (χ0) is 22.5. The molecule has 11 heteroatoms. The highest BCUT2D eigenvalue weighted by Crippen LogP contribution is 2.33. The van der Waals surface area contributed by atoms with Gasteiger partial charge in [0.25, 0.3) is 17.7 Å². The molecule has 0 aromatic heterocycles. The van der Waals surface area contributed by atoms with E-state index in [1.807, 2.05) is 0 Å². The van der Waals surface area contributed by atoms with Gasteiger partial charge in [0, 0.05) is 31.3 Å². The number of likely N-dealkylation sites (tertiary alicyclic amines) is 1. The number of azide groups is 1. The van der Waals surface area contributed by atoms with Gasteiger partial charge in [0.05, 0.1) is 16.8 Å². The van der Waals surface area contributed by atoms with Gasteiger partial charge in [-0.15, -0.1) is 0 Å². The van der Waals surface area contributed by atoms with Crippen molar-refractivity contribution in [1.29, 1.82) is 0 Å². The lowest BCUT2D eigenvalue weighted by Crippen LogP contribution is -2.54. The fourth-order valence-corrected chi connectivity index (χ4v) is 3.73. The molecule has 3 rings (SSSR count). The third kappa shape index (κ3) is 4.41. The second-order valence-corrected chi connectivity index (χ2v) is 7.37. The van der Waals surface area contributed by atoms with E-state index in [0.29, 0.717) is 25.8 Å². The average molecular weight is 426 g/mol. The van der Waals surface area contributed by atoms with Crippen LogP contribution >= 0.6 is 0 Å². The van der Waals surface area contributed by atoms with Crippen LogP contribution in [0.2, 0.25) is 0 Å². The summed E-state index contributed by atoms with van der Waals surface area (Å²) in [6.45, 7) is 0.372. The van der Waals surface area contributed by atoms with Crippen molar-refractivity contribution >= 4 is 35.2 Å². The number of imide groups is 2. The number of benzene rings is 1. The van der Waals surface area contributed by atoms with Crippen molar-refractivity contribution < 1.29 is 24.0 Å². The highest BCUT2D eigenvalue weighted by atomic mass is 16.2. The second-order valence-electron chi connectivity index (χ2n) is 7.37. The Morgan fingerprint density at radius 1 is 1.19 bits per heavy atom. The first kappa shape index (κ1) is 22.0. The Morgan fingerprint density at radius 3 is 2.71 bits per heavy atom. The predicted octanol–water partition coefficient (Wildman–Crippen LogP) is 2.24. The Labute approximate surface area is 178 Å². The number of likely N-dealkylation sites (N-methyl/N-ethyl adjacent to an activating group) is 1. The van der Waals surface area contributed by atoms with Crippen LogP contribution < -0.4 is 5.32 Å². The molecule has 0 radical (unpaired) electrons. The van der Waals surface area contributed by atoms with E-state index in [1.54, 1.807) is 6.07 Å². The van der Waals surface area contributed by atoms with Crippen LogP contribution in [-0.4, -0.2) is 59.0 Å². The summed E-state index contributed by atoms with van der Waals surface area (Å²) in [5.74, 6) is -2.54. The van der Waals surface area contributed by atoms with Gasteiger partial charge >= 0.3 is 0 Å². The van der Waals surface area contributed by atoms with Crippen molar-refractivity contribution in [3.63, 3.8) is 0 Å². The summed E-state index contributed by atoms with van der Waals surface area (Å²) in [5.41, 5.74) is 8.62. The number of hydrogen-bond donors (Lipinski definition) is 1. The molecule has 1 atom stereocenters. The molecule has 0 bridgehead atoms. The van der Waals surface area contributed by atoms with Crippen LogP contribution in [0.3, 0.4) is 0 Å². The first-order valence-corrected chi connectivity index (χ1v) is 9.98. The van der Waals surface area contributed by atoms with E-state index >= 15 is 0 Å². The minimum Gasteiger partial charge on any atom is -0.325 e. The topological polar surface area (TPSA) is 153 Å². The number of hydrogen-bond acceptors (Lipinski definition) is 6. The maximum atomic E-state index is 13.1. The van der Waals surface area contributed by atoms with Crippen LogP contribution in [0.4, 0.5) is 5.69 Å². The summed E-state index contributed by atoms with van der Waals surface area (Å²) < 4.78 is 0. The van der Waals surface area contributed by atoms with Crippen LogP contribution in [-0.2, 0) is 14.4 Å². The van der Waals surface area contributed by atoms with Crippen LogP contribution in [0.1, 0.15) is 59.2 Å². The molecular formula is C20H22N6O5. The number of anilines is 1. The molecule has 1 N–H and O–H groups in total. The Bertz CT molecular complexity index is 1000. The van der Waals surface area contributed by atoms with E-state index in [0.717, 1.165) is 9.80 Å². The van der Waals surface area contributed by atoms with Crippen LogP contribution in [0, 0.1) is 0 Å². The van der Waals surface area contributed by atoms with E-state index in [4.69, 9.17) is 5.53 Å². The Balaban J connectivity index is 1.71. The molecule has 2 heterocycles. The summed E-state index contributed by atoms with van der Waals surface area (Å²) in [5, 5.41) is 6.11. The molecule has 11 nitrogen and oxygen atoms in total. The molecule has 31 heavy (non-hydrogen) atoms. The molecule has 1 fully saturated rings. The van der Waals surface area contributed by atoms with E-state index in [-0.39, 0.29) is 47.9 Å². The van der Waals surface area contributed by atoms with Crippen molar-refractivity contribution in [2.24, 2.45) is 5.11 Å². The number of nitrogens with one attached hydrogen (secondary N) is 1. The fraction of sp³-hybridized carbons (Fsp3) is 0.450. The van der Waals surface area contributed by atoms with Crippen molar-refractivity contribution in [3.05, 3.63) is 39.8 Å². The van der Waals surface area contributed by atoms with E-state index in [1.165, 1.54) is 19.2 Å². The van der Waals surface area contributed by atoms with Gasteiger partial charge in [-0.1, -0.05) is 17.6 Å². The molecular weight excluding hydrogens is 404 g/mol. The first-order chi connectivity index (χ1) is 14.9. The van der Waals surface area contributed by atoms with Gasteiger partial charge in [0.1, 0.15) is 6.04 Å². The molecule has 1 aromatic rings.